The lowest BCUT2D eigenvalue weighted by Crippen LogP contribution is -2.67. The zero-order chi connectivity index (χ0) is 33.8. The molecule has 0 saturated carbocycles. The summed E-state index contributed by atoms with van der Waals surface area (Å²) >= 11 is 12.9. The molecule has 0 saturated heterocycles. The summed E-state index contributed by atoms with van der Waals surface area (Å²) in [5.41, 5.74) is 7.20. The third kappa shape index (κ3) is 7.61. The summed E-state index contributed by atoms with van der Waals surface area (Å²) in [7, 11) is 0. The first-order chi connectivity index (χ1) is 21.8. The lowest BCUT2D eigenvalue weighted by atomic mass is 9.78. The largest absolute Gasteiger partial charge is 0.508 e. The highest BCUT2D eigenvalue weighted by Crippen LogP contribution is 2.38. The standard InChI is InChI=1S/C34H43Cl2N5O5/c1-5-18(3)28(31(37)44)40-33(46)34(14-13-25-23(17-34)22-15-21(35)16-24(36)30(22)38-25)41-32(45)29(19(4)6-2)39-27(43)12-11-20-9-7-8-10-26(20)42/h7-10,15-16,18-19,28-29,38,42H,5-6,11-14,17H2,1-4H3,(H2,37,44)(H,39,43)(H,40,46)(H,41,45)/t18?,19?,28-,29-,34-/m0/s1. The maximum atomic E-state index is 14.3. The van der Waals surface area contributed by atoms with Crippen LogP contribution < -0.4 is 21.7 Å². The minimum absolute atomic E-state index is 0.0544. The van der Waals surface area contributed by atoms with Gasteiger partial charge in [0, 0.05) is 28.9 Å². The van der Waals surface area contributed by atoms with Gasteiger partial charge in [-0.15, -0.1) is 0 Å². The molecule has 4 rings (SSSR count). The van der Waals surface area contributed by atoms with Crippen LogP contribution in [0.2, 0.25) is 10.0 Å². The molecule has 7 N–H and O–H groups in total. The predicted molar refractivity (Wildman–Crippen MR) is 180 cm³/mol. The number of rotatable bonds is 13. The molecule has 4 amide bonds. The van der Waals surface area contributed by atoms with Crippen LogP contribution in [-0.4, -0.2) is 51.3 Å². The van der Waals surface area contributed by atoms with Gasteiger partial charge in [-0.1, -0.05) is 81.9 Å². The first kappa shape index (κ1) is 35.1. The molecule has 0 aliphatic heterocycles. The van der Waals surface area contributed by atoms with Crippen molar-refractivity contribution in [3.05, 3.63) is 63.3 Å². The molecule has 12 heteroatoms. The van der Waals surface area contributed by atoms with E-state index in [1.807, 2.05) is 27.7 Å². The number of carbonyl (C=O) groups is 4. The Kier molecular flexibility index (Phi) is 11.3. The van der Waals surface area contributed by atoms with E-state index in [1.54, 1.807) is 36.4 Å². The number of phenolic OH excluding ortho intramolecular Hbond substituents is 1. The van der Waals surface area contributed by atoms with Gasteiger partial charge in [0.15, 0.2) is 0 Å². The number of halogens is 2. The molecule has 248 valence electrons. The van der Waals surface area contributed by atoms with Crippen molar-refractivity contribution < 1.29 is 24.3 Å². The number of H-pyrrole nitrogens is 1. The van der Waals surface area contributed by atoms with E-state index in [9.17, 15) is 24.3 Å². The van der Waals surface area contributed by atoms with E-state index < -0.39 is 35.3 Å². The molecule has 10 nitrogen and oxygen atoms in total. The molecule has 1 aliphatic rings. The molecule has 1 aliphatic carbocycles. The number of nitrogens with one attached hydrogen (secondary N) is 4. The van der Waals surface area contributed by atoms with Crippen LogP contribution in [0.25, 0.3) is 10.9 Å². The van der Waals surface area contributed by atoms with Crippen molar-refractivity contribution >= 4 is 57.7 Å². The molecular weight excluding hydrogens is 629 g/mol. The summed E-state index contributed by atoms with van der Waals surface area (Å²) in [4.78, 5) is 57.3. The van der Waals surface area contributed by atoms with E-state index in [0.717, 1.165) is 16.6 Å². The fourth-order valence-corrected chi connectivity index (χ4v) is 6.61. The fraction of sp³-hybridized carbons (Fsp3) is 0.471. The average molecular weight is 673 g/mol. The molecule has 46 heavy (non-hydrogen) atoms. The van der Waals surface area contributed by atoms with E-state index in [-0.39, 0.29) is 49.2 Å². The number of nitrogens with two attached hydrogens (primary N) is 1. The fourth-order valence-electron chi connectivity index (χ4n) is 6.07. The second kappa shape index (κ2) is 14.8. The summed E-state index contributed by atoms with van der Waals surface area (Å²) in [5, 5.41) is 20.4. The van der Waals surface area contributed by atoms with Crippen molar-refractivity contribution in [1.29, 1.82) is 0 Å². The first-order valence-corrected chi connectivity index (χ1v) is 16.5. The van der Waals surface area contributed by atoms with Gasteiger partial charge < -0.3 is 31.8 Å². The number of amides is 4. The van der Waals surface area contributed by atoms with Crippen LogP contribution in [0.3, 0.4) is 0 Å². The van der Waals surface area contributed by atoms with Crippen LogP contribution in [0, 0.1) is 11.8 Å². The molecule has 3 aromatic rings. The van der Waals surface area contributed by atoms with Gasteiger partial charge >= 0.3 is 0 Å². The van der Waals surface area contributed by atoms with Crippen molar-refractivity contribution in [2.45, 2.75) is 90.3 Å². The third-order valence-corrected chi connectivity index (χ3v) is 9.85. The predicted octanol–water partition coefficient (Wildman–Crippen LogP) is 4.70. The van der Waals surface area contributed by atoms with E-state index >= 15 is 0 Å². The highest BCUT2D eigenvalue weighted by molar-refractivity contribution is 6.38. The number of para-hydroxylation sites is 1. The van der Waals surface area contributed by atoms with Gasteiger partial charge in [-0.25, -0.2) is 0 Å². The van der Waals surface area contributed by atoms with Crippen LogP contribution in [0.15, 0.2) is 36.4 Å². The second-order valence-corrected chi connectivity index (χ2v) is 13.3. The van der Waals surface area contributed by atoms with Crippen LogP contribution in [0.5, 0.6) is 5.75 Å². The smallest absolute Gasteiger partial charge is 0.246 e. The van der Waals surface area contributed by atoms with Crippen molar-refractivity contribution in [2.75, 3.05) is 0 Å². The zero-order valence-electron chi connectivity index (χ0n) is 26.6. The Hall–Kier alpha value is -3.76. The number of carbonyl (C=O) groups excluding carboxylic acids is 4. The highest BCUT2D eigenvalue weighted by atomic mass is 35.5. The SMILES string of the molecule is CCC(C)[C@H](NC(=O)[C@]1(NC(=O)[C@@H](NC(=O)CCc2ccccc2O)C(C)CC)CCc2[nH]c3c(Cl)cc(Cl)cc3c2C1)C(N)=O. The summed E-state index contributed by atoms with van der Waals surface area (Å²) in [6.07, 6.45) is 2.24. The summed E-state index contributed by atoms with van der Waals surface area (Å²) in [6, 6.07) is 8.30. The maximum Gasteiger partial charge on any atom is 0.246 e. The Bertz CT molecular complexity index is 1620. The normalized spacial score (nSPS) is 18.6. The molecule has 2 unspecified atom stereocenters. The van der Waals surface area contributed by atoms with Gasteiger partial charge in [-0.3, -0.25) is 19.2 Å². The number of aromatic hydroxyl groups is 1. The number of primary amides is 1. The number of hydrogen-bond donors (Lipinski definition) is 6. The number of aromatic amines is 1. The van der Waals surface area contributed by atoms with Gasteiger partial charge in [0.2, 0.25) is 23.6 Å². The van der Waals surface area contributed by atoms with Crippen molar-refractivity contribution in [2.24, 2.45) is 17.6 Å². The molecule has 0 fully saturated rings. The Morgan fingerprint density at radius 3 is 2.35 bits per heavy atom. The summed E-state index contributed by atoms with van der Waals surface area (Å²) in [6.45, 7) is 7.49. The number of phenols is 1. The Morgan fingerprint density at radius 2 is 1.70 bits per heavy atom. The highest BCUT2D eigenvalue weighted by Gasteiger charge is 2.46. The number of aryl methyl sites for hydroxylation is 2. The van der Waals surface area contributed by atoms with Crippen molar-refractivity contribution in [3.63, 3.8) is 0 Å². The van der Waals surface area contributed by atoms with Gasteiger partial charge in [0.05, 0.1) is 10.5 Å². The van der Waals surface area contributed by atoms with E-state index in [2.05, 4.69) is 20.9 Å². The lowest BCUT2D eigenvalue weighted by molar-refractivity contribution is -0.138. The molecule has 1 heterocycles. The topological polar surface area (TPSA) is 166 Å². The molecule has 1 aromatic heterocycles. The maximum absolute atomic E-state index is 14.3. The van der Waals surface area contributed by atoms with Gasteiger partial charge in [0.1, 0.15) is 23.4 Å². The Morgan fingerprint density at radius 1 is 1.02 bits per heavy atom. The molecule has 2 aromatic carbocycles. The lowest BCUT2D eigenvalue weighted by Gasteiger charge is -2.39. The molecule has 0 bridgehead atoms. The van der Waals surface area contributed by atoms with E-state index in [4.69, 9.17) is 28.9 Å². The number of hydrogen-bond acceptors (Lipinski definition) is 5. The number of benzene rings is 2. The average Bonchev–Trinajstić information content (AvgIpc) is 3.38. The summed E-state index contributed by atoms with van der Waals surface area (Å²) < 4.78 is 0. The first-order valence-electron chi connectivity index (χ1n) is 15.8. The van der Waals surface area contributed by atoms with E-state index in [0.29, 0.717) is 40.4 Å². The number of aromatic nitrogens is 1. The molecule has 5 atom stereocenters. The van der Waals surface area contributed by atoms with Crippen LogP contribution in [0.1, 0.15) is 70.2 Å². The zero-order valence-corrected chi connectivity index (χ0v) is 28.1. The third-order valence-electron chi connectivity index (χ3n) is 9.33. The minimum atomic E-state index is -1.47. The van der Waals surface area contributed by atoms with Gasteiger partial charge in [-0.05, 0) is 60.4 Å². The molecule has 0 radical (unpaired) electrons. The van der Waals surface area contributed by atoms with Gasteiger partial charge in [-0.2, -0.15) is 0 Å². The monoisotopic (exact) mass is 671 g/mol. The number of fused-ring (bicyclic) bond motifs is 3. The Labute approximate surface area is 279 Å². The van der Waals surface area contributed by atoms with E-state index in [1.165, 1.54) is 0 Å². The van der Waals surface area contributed by atoms with Crippen LogP contribution in [-0.2, 0) is 38.4 Å². The van der Waals surface area contributed by atoms with Crippen molar-refractivity contribution in [1.82, 2.24) is 20.9 Å². The molecular formula is C34H43Cl2N5O5. The van der Waals surface area contributed by atoms with Gasteiger partial charge in [0.25, 0.3) is 0 Å². The van der Waals surface area contributed by atoms with Crippen LogP contribution >= 0.6 is 23.2 Å². The quantitative estimate of drug-likeness (QED) is 0.155. The molecule has 0 spiro atoms. The minimum Gasteiger partial charge on any atom is -0.508 e. The second-order valence-electron chi connectivity index (χ2n) is 12.4. The van der Waals surface area contributed by atoms with Crippen molar-refractivity contribution in [3.8, 4) is 5.75 Å². The summed E-state index contributed by atoms with van der Waals surface area (Å²) in [5.74, 6) is -2.48. The van der Waals surface area contributed by atoms with Crippen LogP contribution in [0.4, 0.5) is 0 Å². The Balaban J connectivity index is 1.66.